The highest BCUT2D eigenvalue weighted by atomic mass is 19.1. The Kier molecular flexibility index (Phi) is 3.79. The fourth-order valence-electron chi connectivity index (χ4n) is 3.70. The average Bonchev–Trinajstić information content (AvgIpc) is 3.25. The fourth-order valence-corrected chi connectivity index (χ4v) is 3.70. The van der Waals surface area contributed by atoms with Crippen molar-refractivity contribution in [3.05, 3.63) is 86.4 Å². The lowest BCUT2D eigenvalue weighted by Gasteiger charge is -2.11. The smallest absolute Gasteiger partial charge is 0.279 e. The van der Waals surface area contributed by atoms with Crippen molar-refractivity contribution in [3.63, 3.8) is 0 Å². The summed E-state index contributed by atoms with van der Waals surface area (Å²) in [7, 11) is 1.56. The first-order valence-electron chi connectivity index (χ1n) is 9.41. The summed E-state index contributed by atoms with van der Waals surface area (Å²) in [5.41, 5.74) is 4.16. The van der Waals surface area contributed by atoms with Crippen LogP contribution in [-0.4, -0.2) is 23.5 Å². The first kappa shape index (κ1) is 18.1. The minimum atomic E-state index is -0.523. The van der Waals surface area contributed by atoms with Gasteiger partial charge in [0.25, 0.3) is 5.56 Å². The number of aromatic nitrogens is 5. The standard InChI is InChI=1S/C22H18FN5O2/c1-12-4-9-16(10-13(12)2)28-17(14-5-7-15(23)8-6-14)11-27-18-19(24-21(27)28)26(3)22(30)25-20(18)29/h4-11H,1-3H3,(H,25,29,30). The van der Waals surface area contributed by atoms with E-state index in [0.717, 1.165) is 28.1 Å². The summed E-state index contributed by atoms with van der Waals surface area (Å²) in [6, 6.07) is 12.2. The van der Waals surface area contributed by atoms with E-state index < -0.39 is 11.2 Å². The quantitative estimate of drug-likeness (QED) is 0.492. The molecule has 2 aromatic carbocycles. The molecule has 0 radical (unpaired) electrons. The van der Waals surface area contributed by atoms with Crippen LogP contribution < -0.4 is 11.2 Å². The molecule has 1 N–H and O–H groups in total. The third-order valence-electron chi connectivity index (χ3n) is 5.51. The van der Waals surface area contributed by atoms with Gasteiger partial charge in [-0.3, -0.25) is 23.3 Å². The zero-order valence-corrected chi connectivity index (χ0v) is 16.6. The molecule has 0 bridgehead atoms. The second-order valence-electron chi connectivity index (χ2n) is 7.40. The van der Waals surface area contributed by atoms with Crippen LogP contribution in [0.3, 0.4) is 0 Å². The first-order chi connectivity index (χ1) is 14.3. The maximum absolute atomic E-state index is 13.5. The van der Waals surface area contributed by atoms with Gasteiger partial charge in [-0.25, -0.2) is 9.18 Å². The molecule has 0 unspecified atom stereocenters. The number of nitrogens with zero attached hydrogens (tertiary/aromatic N) is 4. The van der Waals surface area contributed by atoms with Gasteiger partial charge in [0.05, 0.1) is 5.69 Å². The van der Waals surface area contributed by atoms with Crippen molar-refractivity contribution in [2.45, 2.75) is 13.8 Å². The number of hydrogen-bond acceptors (Lipinski definition) is 3. The highest BCUT2D eigenvalue weighted by Gasteiger charge is 2.20. The number of halogens is 1. The lowest BCUT2D eigenvalue weighted by atomic mass is 10.1. The minimum Gasteiger partial charge on any atom is -0.279 e. The molecule has 5 rings (SSSR count). The Labute approximate surface area is 169 Å². The molecule has 7 nitrogen and oxygen atoms in total. The largest absolute Gasteiger partial charge is 0.329 e. The summed E-state index contributed by atoms with van der Waals surface area (Å²) in [6.07, 6.45) is 1.78. The Hall–Kier alpha value is -3.94. The van der Waals surface area contributed by atoms with E-state index in [4.69, 9.17) is 0 Å². The van der Waals surface area contributed by atoms with Gasteiger partial charge in [0.1, 0.15) is 5.82 Å². The van der Waals surface area contributed by atoms with E-state index in [2.05, 4.69) is 9.97 Å². The van der Waals surface area contributed by atoms with E-state index in [1.807, 2.05) is 36.6 Å². The molecule has 0 spiro atoms. The number of benzene rings is 2. The van der Waals surface area contributed by atoms with Crippen molar-refractivity contribution in [1.29, 1.82) is 0 Å². The van der Waals surface area contributed by atoms with Gasteiger partial charge in [-0.05, 0) is 61.4 Å². The number of rotatable bonds is 2. The van der Waals surface area contributed by atoms with E-state index in [9.17, 15) is 14.0 Å². The van der Waals surface area contributed by atoms with Crippen LogP contribution in [0.25, 0.3) is 33.9 Å². The van der Waals surface area contributed by atoms with Gasteiger partial charge in [0.2, 0.25) is 5.78 Å². The Bertz CT molecular complexity index is 1570. The SMILES string of the molecule is Cc1ccc(-n2c(-c3ccc(F)cc3)cn3c4c(=O)[nH]c(=O)n(C)c4nc23)cc1C. The van der Waals surface area contributed by atoms with Crippen molar-refractivity contribution in [1.82, 2.24) is 23.5 Å². The topological polar surface area (TPSA) is 77.1 Å². The summed E-state index contributed by atoms with van der Waals surface area (Å²) in [5.74, 6) is 0.156. The highest BCUT2D eigenvalue weighted by molar-refractivity contribution is 5.79. The summed E-state index contributed by atoms with van der Waals surface area (Å²) in [5, 5.41) is 0. The predicted octanol–water partition coefficient (Wildman–Crippen LogP) is 3.09. The van der Waals surface area contributed by atoms with Gasteiger partial charge in [0.15, 0.2) is 11.2 Å². The van der Waals surface area contributed by atoms with Crippen LogP contribution >= 0.6 is 0 Å². The number of H-pyrrole nitrogens is 1. The van der Waals surface area contributed by atoms with Crippen molar-refractivity contribution in [2.75, 3.05) is 0 Å². The summed E-state index contributed by atoms with van der Waals surface area (Å²) >= 11 is 0. The van der Waals surface area contributed by atoms with Crippen LogP contribution in [0, 0.1) is 19.7 Å². The van der Waals surface area contributed by atoms with E-state index in [1.54, 1.807) is 29.8 Å². The third kappa shape index (κ3) is 2.53. The molecule has 8 heteroatoms. The normalized spacial score (nSPS) is 11.6. The molecule has 0 amide bonds. The Balaban J connectivity index is 1.94. The molecule has 0 saturated carbocycles. The van der Waals surface area contributed by atoms with Crippen LogP contribution in [0.15, 0.2) is 58.3 Å². The molecule has 3 heterocycles. The number of aromatic amines is 1. The van der Waals surface area contributed by atoms with Gasteiger partial charge < -0.3 is 0 Å². The van der Waals surface area contributed by atoms with Crippen LogP contribution in [0.2, 0.25) is 0 Å². The maximum atomic E-state index is 13.5. The molecule has 150 valence electrons. The molecule has 0 atom stereocenters. The van der Waals surface area contributed by atoms with Crippen LogP contribution in [-0.2, 0) is 7.05 Å². The molecule has 0 aliphatic rings. The van der Waals surface area contributed by atoms with Crippen molar-refractivity contribution < 1.29 is 4.39 Å². The molecule has 0 fully saturated rings. The highest BCUT2D eigenvalue weighted by Crippen LogP contribution is 2.29. The number of hydrogen-bond donors (Lipinski definition) is 1. The van der Waals surface area contributed by atoms with Gasteiger partial charge in [0, 0.05) is 24.5 Å². The Morgan fingerprint density at radius 2 is 1.73 bits per heavy atom. The molecular formula is C22H18FN5O2. The molecule has 5 aromatic rings. The Morgan fingerprint density at radius 1 is 1.00 bits per heavy atom. The zero-order valence-electron chi connectivity index (χ0n) is 16.6. The van der Waals surface area contributed by atoms with Gasteiger partial charge in [-0.15, -0.1) is 0 Å². The van der Waals surface area contributed by atoms with Gasteiger partial charge in [-0.2, -0.15) is 4.98 Å². The zero-order chi connectivity index (χ0) is 21.2. The first-order valence-corrected chi connectivity index (χ1v) is 9.41. The number of aryl methyl sites for hydroxylation is 3. The predicted molar refractivity (Wildman–Crippen MR) is 113 cm³/mol. The Morgan fingerprint density at radius 3 is 2.43 bits per heavy atom. The van der Waals surface area contributed by atoms with E-state index in [0.29, 0.717) is 11.4 Å². The van der Waals surface area contributed by atoms with E-state index in [1.165, 1.54) is 16.7 Å². The van der Waals surface area contributed by atoms with E-state index in [-0.39, 0.29) is 11.3 Å². The molecule has 3 aromatic heterocycles. The number of nitrogens with one attached hydrogen (secondary N) is 1. The second kappa shape index (κ2) is 6.28. The third-order valence-corrected chi connectivity index (χ3v) is 5.51. The van der Waals surface area contributed by atoms with Gasteiger partial charge in [-0.1, -0.05) is 6.07 Å². The van der Waals surface area contributed by atoms with Crippen LogP contribution in [0.5, 0.6) is 0 Å². The summed E-state index contributed by atoms with van der Waals surface area (Å²) in [6.45, 7) is 4.05. The molecule has 30 heavy (non-hydrogen) atoms. The molecule has 0 aliphatic carbocycles. The fraction of sp³-hybridized carbons (Fsp3) is 0.136. The lowest BCUT2D eigenvalue weighted by Crippen LogP contribution is -2.28. The number of imidazole rings is 2. The van der Waals surface area contributed by atoms with Crippen LogP contribution in [0.1, 0.15) is 11.1 Å². The molecule has 0 aliphatic heterocycles. The van der Waals surface area contributed by atoms with Crippen LogP contribution in [0.4, 0.5) is 4.39 Å². The average molecular weight is 403 g/mol. The lowest BCUT2D eigenvalue weighted by molar-refractivity contribution is 0.628. The minimum absolute atomic E-state index is 0.276. The summed E-state index contributed by atoms with van der Waals surface area (Å²) in [4.78, 5) is 31.5. The van der Waals surface area contributed by atoms with Crippen molar-refractivity contribution in [3.8, 4) is 16.9 Å². The van der Waals surface area contributed by atoms with Gasteiger partial charge >= 0.3 is 5.69 Å². The monoisotopic (exact) mass is 403 g/mol. The maximum Gasteiger partial charge on any atom is 0.329 e. The number of fused-ring (bicyclic) bond motifs is 3. The second-order valence-corrected chi connectivity index (χ2v) is 7.40. The van der Waals surface area contributed by atoms with E-state index >= 15 is 0 Å². The summed E-state index contributed by atoms with van der Waals surface area (Å²) < 4.78 is 18.4. The van der Waals surface area contributed by atoms with Crippen molar-refractivity contribution in [2.24, 2.45) is 7.05 Å². The molecular weight excluding hydrogens is 385 g/mol. The van der Waals surface area contributed by atoms with Crippen molar-refractivity contribution >= 4 is 16.9 Å². The molecule has 0 saturated heterocycles.